The number of carbonyl (C=O) groups excluding carboxylic acids is 1. The molecule has 0 aliphatic carbocycles. The van der Waals surface area contributed by atoms with Gasteiger partial charge in [0.25, 0.3) is 5.91 Å². The lowest BCUT2D eigenvalue weighted by Crippen LogP contribution is -2.28. The molecule has 0 saturated carbocycles. The van der Waals surface area contributed by atoms with Gasteiger partial charge in [-0.15, -0.1) is 0 Å². The molecule has 1 heterocycles. The highest BCUT2D eigenvalue weighted by Crippen LogP contribution is 2.18. The number of hydrogen-bond donors (Lipinski definition) is 2. The van der Waals surface area contributed by atoms with Crippen LogP contribution in [0, 0.1) is 0 Å². The molecule has 1 rings (SSSR count). The SMILES string of the molecule is CCCNc1ncccc1C(=O)NCCC(F)(F)F. The molecule has 0 aliphatic rings. The van der Waals surface area contributed by atoms with E-state index in [1.165, 1.54) is 12.3 Å². The Morgan fingerprint density at radius 2 is 2.11 bits per heavy atom. The van der Waals surface area contributed by atoms with E-state index < -0.39 is 25.0 Å². The molecule has 0 unspecified atom stereocenters. The van der Waals surface area contributed by atoms with Crippen LogP contribution in [0.15, 0.2) is 18.3 Å². The van der Waals surface area contributed by atoms with Gasteiger partial charge in [-0.1, -0.05) is 6.92 Å². The fourth-order valence-corrected chi connectivity index (χ4v) is 1.39. The van der Waals surface area contributed by atoms with Gasteiger partial charge in [-0.05, 0) is 18.6 Å². The number of carbonyl (C=O) groups is 1. The Kier molecular flexibility index (Phi) is 5.59. The molecule has 2 N–H and O–H groups in total. The topological polar surface area (TPSA) is 54.0 Å². The van der Waals surface area contributed by atoms with Gasteiger partial charge >= 0.3 is 6.18 Å². The van der Waals surface area contributed by atoms with Crippen LogP contribution in [-0.2, 0) is 0 Å². The highest BCUT2D eigenvalue weighted by Gasteiger charge is 2.26. The van der Waals surface area contributed by atoms with Crippen LogP contribution in [0.5, 0.6) is 0 Å². The van der Waals surface area contributed by atoms with Crippen molar-refractivity contribution in [3.63, 3.8) is 0 Å². The number of pyridine rings is 1. The zero-order valence-electron chi connectivity index (χ0n) is 10.5. The van der Waals surface area contributed by atoms with Crippen molar-refractivity contribution in [2.24, 2.45) is 0 Å². The minimum atomic E-state index is -4.27. The second-order valence-electron chi connectivity index (χ2n) is 3.95. The predicted octanol–water partition coefficient (Wildman–Crippen LogP) is 2.59. The molecule has 0 bridgehead atoms. The number of alkyl halides is 3. The quantitative estimate of drug-likeness (QED) is 0.839. The Morgan fingerprint density at radius 3 is 2.74 bits per heavy atom. The largest absolute Gasteiger partial charge is 0.390 e. The van der Waals surface area contributed by atoms with Crippen LogP contribution in [-0.4, -0.2) is 30.2 Å². The van der Waals surface area contributed by atoms with E-state index in [-0.39, 0.29) is 5.56 Å². The van der Waals surface area contributed by atoms with Gasteiger partial charge in [0.2, 0.25) is 0 Å². The van der Waals surface area contributed by atoms with Crippen LogP contribution >= 0.6 is 0 Å². The summed E-state index contributed by atoms with van der Waals surface area (Å²) in [6, 6.07) is 3.09. The van der Waals surface area contributed by atoms with Crippen LogP contribution in [0.4, 0.5) is 19.0 Å². The summed E-state index contributed by atoms with van der Waals surface area (Å²) in [6.45, 7) is 2.16. The molecule has 0 aliphatic heterocycles. The number of aromatic nitrogens is 1. The molecule has 106 valence electrons. The molecular formula is C12H16F3N3O. The van der Waals surface area contributed by atoms with Crippen LogP contribution in [0.1, 0.15) is 30.1 Å². The fourth-order valence-electron chi connectivity index (χ4n) is 1.39. The van der Waals surface area contributed by atoms with Crippen LogP contribution < -0.4 is 10.6 Å². The van der Waals surface area contributed by atoms with Crippen LogP contribution in [0.25, 0.3) is 0 Å². The van der Waals surface area contributed by atoms with Gasteiger partial charge in [0.1, 0.15) is 5.82 Å². The lowest BCUT2D eigenvalue weighted by Gasteiger charge is -2.11. The van der Waals surface area contributed by atoms with Crippen molar-refractivity contribution in [1.82, 2.24) is 10.3 Å². The molecule has 19 heavy (non-hydrogen) atoms. The van der Waals surface area contributed by atoms with Gasteiger partial charge in [0, 0.05) is 19.3 Å². The first kappa shape index (κ1) is 15.3. The van der Waals surface area contributed by atoms with Gasteiger partial charge in [0.15, 0.2) is 0 Å². The average molecular weight is 275 g/mol. The van der Waals surface area contributed by atoms with Crippen molar-refractivity contribution in [2.75, 3.05) is 18.4 Å². The first-order chi connectivity index (χ1) is 8.94. The van der Waals surface area contributed by atoms with E-state index in [1.54, 1.807) is 6.07 Å². The number of nitrogens with one attached hydrogen (secondary N) is 2. The molecule has 0 radical (unpaired) electrons. The second-order valence-corrected chi connectivity index (χ2v) is 3.95. The summed E-state index contributed by atoms with van der Waals surface area (Å²) < 4.78 is 35.9. The van der Waals surface area contributed by atoms with E-state index in [2.05, 4.69) is 15.6 Å². The van der Waals surface area contributed by atoms with E-state index in [1.807, 2.05) is 6.92 Å². The number of rotatable bonds is 6. The molecule has 7 heteroatoms. The Balaban J connectivity index is 2.61. The number of anilines is 1. The molecule has 0 spiro atoms. The molecular weight excluding hydrogens is 259 g/mol. The van der Waals surface area contributed by atoms with Crippen molar-refractivity contribution in [3.05, 3.63) is 23.9 Å². The maximum absolute atomic E-state index is 12.0. The predicted molar refractivity (Wildman–Crippen MR) is 66.0 cm³/mol. The van der Waals surface area contributed by atoms with E-state index >= 15 is 0 Å². The molecule has 4 nitrogen and oxygen atoms in total. The van der Waals surface area contributed by atoms with Crippen LogP contribution in [0.3, 0.4) is 0 Å². The lowest BCUT2D eigenvalue weighted by atomic mass is 10.2. The van der Waals surface area contributed by atoms with Crippen molar-refractivity contribution in [3.8, 4) is 0 Å². The molecule has 0 aromatic carbocycles. The van der Waals surface area contributed by atoms with E-state index in [0.717, 1.165) is 6.42 Å². The normalized spacial score (nSPS) is 11.2. The van der Waals surface area contributed by atoms with E-state index in [0.29, 0.717) is 12.4 Å². The Hall–Kier alpha value is -1.79. The fraction of sp³-hybridized carbons (Fsp3) is 0.500. The second kappa shape index (κ2) is 6.96. The smallest absolute Gasteiger partial charge is 0.369 e. The standard InChI is InChI=1S/C12H16F3N3O/c1-2-6-16-10-9(4-3-7-17-10)11(19)18-8-5-12(13,14)15/h3-4,7H,2,5-6,8H2,1H3,(H,16,17)(H,18,19). The zero-order chi connectivity index (χ0) is 14.3. The van der Waals surface area contributed by atoms with Crippen molar-refractivity contribution < 1.29 is 18.0 Å². The van der Waals surface area contributed by atoms with Crippen molar-refractivity contribution in [1.29, 1.82) is 0 Å². The first-order valence-electron chi connectivity index (χ1n) is 5.98. The average Bonchev–Trinajstić information content (AvgIpc) is 2.35. The monoisotopic (exact) mass is 275 g/mol. The molecule has 1 aromatic heterocycles. The summed E-state index contributed by atoms with van der Waals surface area (Å²) >= 11 is 0. The first-order valence-corrected chi connectivity index (χ1v) is 5.98. The summed E-state index contributed by atoms with van der Waals surface area (Å²) in [4.78, 5) is 15.8. The lowest BCUT2D eigenvalue weighted by molar-refractivity contribution is -0.132. The van der Waals surface area contributed by atoms with Crippen LogP contribution in [0.2, 0.25) is 0 Å². The maximum Gasteiger partial charge on any atom is 0.390 e. The summed E-state index contributed by atoms with van der Waals surface area (Å²) in [6.07, 6.45) is -2.95. The summed E-state index contributed by atoms with van der Waals surface area (Å²) in [5.74, 6) is -0.176. The summed E-state index contributed by atoms with van der Waals surface area (Å²) in [5.41, 5.74) is 0.248. The minimum Gasteiger partial charge on any atom is -0.369 e. The summed E-state index contributed by atoms with van der Waals surface area (Å²) in [7, 11) is 0. The van der Waals surface area contributed by atoms with Crippen molar-refractivity contribution in [2.45, 2.75) is 25.9 Å². The van der Waals surface area contributed by atoms with Crippen molar-refractivity contribution >= 4 is 11.7 Å². The Morgan fingerprint density at radius 1 is 1.37 bits per heavy atom. The van der Waals surface area contributed by atoms with E-state index in [9.17, 15) is 18.0 Å². The third-order valence-electron chi connectivity index (χ3n) is 2.29. The highest BCUT2D eigenvalue weighted by atomic mass is 19.4. The zero-order valence-corrected chi connectivity index (χ0v) is 10.5. The minimum absolute atomic E-state index is 0.248. The Bertz CT molecular complexity index is 421. The number of halogens is 3. The number of nitrogens with zero attached hydrogens (tertiary/aromatic N) is 1. The molecule has 1 aromatic rings. The Labute approximate surface area is 109 Å². The summed E-state index contributed by atoms with van der Waals surface area (Å²) in [5, 5.41) is 5.19. The van der Waals surface area contributed by atoms with Gasteiger partial charge in [-0.3, -0.25) is 4.79 Å². The third-order valence-corrected chi connectivity index (χ3v) is 2.29. The van der Waals surface area contributed by atoms with Gasteiger partial charge < -0.3 is 10.6 Å². The molecule has 0 saturated heterocycles. The maximum atomic E-state index is 12.0. The molecule has 0 atom stereocenters. The third kappa shape index (κ3) is 5.58. The molecule has 0 fully saturated rings. The van der Waals surface area contributed by atoms with E-state index in [4.69, 9.17) is 0 Å². The number of hydrogen-bond acceptors (Lipinski definition) is 3. The van der Waals surface area contributed by atoms with Gasteiger partial charge in [-0.25, -0.2) is 4.98 Å². The highest BCUT2D eigenvalue weighted by molar-refractivity contribution is 5.98. The number of amides is 1. The molecule has 1 amide bonds. The van der Waals surface area contributed by atoms with Gasteiger partial charge in [-0.2, -0.15) is 13.2 Å². The van der Waals surface area contributed by atoms with Gasteiger partial charge in [0.05, 0.1) is 12.0 Å².